The predicted molar refractivity (Wildman–Crippen MR) is 75.7 cm³/mol. The van der Waals surface area contributed by atoms with E-state index in [0.717, 1.165) is 23.8 Å². The summed E-state index contributed by atoms with van der Waals surface area (Å²) in [5, 5.41) is 2.69. The zero-order valence-electron chi connectivity index (χ0n) is 12.0. The number of hydrogen-bond donors (Lipinski definition) is 1. The monoisotopic (exact) mass is 292 g/mol. The molecule has 1 aromatic rings. The zero-order valence-corrected chi connectivity index (χ0v) is 12.0. The van der Waals surface area contributed by atoms with Crippen molar-refractivity contribution in [2.75, 3.05) is 18.0 Å². The van der Waals surface area contributed by atoms with Gasteiger partial charge in [-0.3, -0.25) is 19.3 Å². The number of rotatable bonds is 5. The predicted octanol–water partition coefficient (Wildman–Crippen LogP) is 1.58. The van der Waals surface area contributed by atoms with E-state index >= 15 is 0 Å². The summed E-state index contributed by atoms with van der Waals surface area (Å²) in [7, 11) is 0. The third-order valence-corrected chi connectivity index (χ3v) is 3.37. The zero-order chi connectivity index (χ0) is 15.6. The third-order valence-electron chi connectivity index (χ3n) is 3.37. The van der Waals surface area contributed by atoms with Crippen LogP contribution in [0.25, 0.3) is 0 Å². The molecule has 21 heavy (non-hydrogen) atoms. The standard InChI is InChI=1S/C15H17FN2O3/c1-3-4-5-17-12(19)8-18-13-9(2)6-10(16)7-11(13)14(20)15(18)21/h6-7H,3-5,8H2,1-2H3,(H,17,19). The van der Waals surface area contributed by atoms with Crippen LogP contribution in [0.3, 0.4) is 0 Å². The van der Waals surface area contributed by atoms with Crippen molar-refractivity contribution < 1.29 is 18.8 Å². The lowest BCUT2D eigenvalue weighted by Gasteiger charge is -2.18. The molecular formula is C15H17FN2O3. The van der Waals surface area contributed by atoms with Gasteiger partial charge < -0.3 is 5.32 Å². The highest BCUT2D eigenvalue weighted by atomic mass is 19.1. The first kappa shape index (κ1) is 15.2. The van der Waals surface area contributed by atoms with Crippen LogP contribution in [-0.4, -0.2) is 30.7 Å². The number of nitrogens with one attached hydrogen (secondary N) is 1. The van der Waals surface area contributed by atoms with Gasteiger partial charge in [0.15, 0.2) is 0 Å². The second kappa shape index (κ2) is 6.03. The Morgan fingerprint density at radius 3 is 2.71 bits per heavy atom. The van der Waals surface area contributed by atoms with Gasteiger partial charge in [-0.25, -0.2) is 4.39 Å². The van der Waals surface area contributed by atoms with Crippen molar-refractivity contribution in [2.24, 2.45) is 0 Å². The molecule has 0 aliphatic carbocycles. The molecule has 1 heterocycles. The van der Waals surface area contributed by atoms with Gasteiger partial charge in [0.2, 0.25) is 5.91 Å². The Labute approximate surface area is 122 Å². The molecule has 6 heteroatoms. The maximum atomic E-state index is 13.4. The van der Waals surface area contributed by atoms with Crippen LogP contribution in [0.1, 0.15) is 35.7 Å². The van der Waals surface area contributed by atoms with Gasteiger partial charge in [0, 0.05) is 6.54 Å². The van der Waals surface area contributed by atoms with Crippen LogP contribution in [0.2, 0.25) is 0 Å². The lowest BCUT2D eigenvalue weighted by molar-refractivity contribution is -0.122. The van der Waals surface area contributed by atoms with Crippen LogP contribution < -0.4 is 10.2 Å². The Morgan fingerprint density at radius 1 is 1.33 bits per heavy atom. The molecule has 1 aliphatic rings. The van der Waals surface area contributed by atoms with Gasteiger partial charge in [-0.05, 0) is 31.0 Å². The van der Waals surface area contributed by atoms with E-state index in [-0.39, 0.29) is 18.0 Å². The number of Topliss-reactive ketones (excluding diaryl/α,β-unsaturated/α-hetero) is 1. The largest absolute Gasteiger partial charge is 0.355 e. The Morgan fingerprint density at radius 2 is 2.05 bits per heavy atom. The molecular weight excluding hydrogens is 275 g/mol. The SMILES string of the molecule is CCCCNC(=O)CN1C(=O)C(=O)c2cc(F)cc(C)c21. The number of carbonyl (C=O) groups excluding carboxylic acids is 3. The molecule has 0 saturated carbocycles. The summed E-state index contributed by atoms with van der Waals surface area (Å²) in [6.45, 7) is 3.91. The van der Waals surface area contributed by atoms with Crippen molar-refractivity contribution in [3.05, 3.63) is 29.1 Å². The molecule has 0 fully saturated rings. The number of anilines is 1. The minimum Gasteiger partial charge on any atom is -0.355 e. The number of aryl methyl sites for hydroxylation is 1. The van der Waals surface area contributed by atoms with Crippen molar-refractivity contribution in [1.82, 2.24) is 5.32 Å². The fraction of sp³-hybridized carbons (Fsp3) is 0.400. The first-order valence-electron chi connectivity index (χ1n) is 6.88. The molecule has 5 nitrogen and oxygen atoms in total. The quantitative estimate of drug-likeness (QED) is 0.662. The minimum absolute atomic E-state index is 0.0267. The summed E-state index contributed by atoms with van der Waals surface area (Å²) >= 11 is 0. The number of fused-ring (bicyclic) bond motifs is 1. The second-order valence-corrected chi connectivity index (χ2v) is 5.04. The molecule has 1 N–H and O–H groups in total. The maximum Gasteiger partial charge on any atom is 0.299 e. The molecule has 0 atom stereocenters. The number of benzene rings is 1. The number of ketones is 1. The molecule has 0 spiro atoms. The maximum absolute atomic E-state index is 13.4. The van der Waals surface area contributed by atoms with Gasteiger partial charge in [0.1, 0.15) is 12.4 Å². The van der Waals surface area contributed by atoms with Crippen LogP contribution in [0.15, 0.2) is 12.1 Å². The fourth-order valence-electron chi connectivity index (χ4n) is 2.36. The van der Waals surface area contributed by atoms with E-state index in [4.69, 9.17) is 0 Å². The van der Waals surface area contributed by atoms with E-state index in [0.29, 0.717) is 17.8 Å². The molecule has 0 saturated heterocycles. The fourth-order valence-corrected chi connectivity index (χ4v) is 2.36. The Hall–Kier alpha value is -2.24. The van der Waals surface area contributed by atoms with Crippen molar-refractivity contribution in [3.63, 3.8) is 0 Å². The molecule has 1 aliphatic heterocycles. The molecule has 0 bridgehead atoms. The van der Waals surface area contributed by atoms with E-state index < -0.39 is 17.5 Å². The summed E-state index contributed by atoms with van der Waals surface area (Å²) in [4.78, 5) is 36.8. The van der Waals surface area contributed by atoms with Crippen molar-refractivity contribution >= 4 is 23.3 Å². The minimum atomic E-state index is -0.788. The summed E-state index contributed by atoms with van der Waals surface area (Å²) in [5.74, 6) is -2.46. The topological polar surface area (TPSA) is 66.5 Å². The van der Waals surface area contributed by atoms with E-state index in [2.05, 4.69) is 5.32 Å². The highest BCUT2D eigenvalue weighted by molar-refractivity contribution is 6.52. The van der Waals surface area contributed by atoms with Crippen molar-refractivity contribution in [1.29, 1.82) is 0 Å². The van der Waals surface area contributed by atoms with E-state index in [1.54, 1.807) is 6.92 Å². The van der Waals surface area contributed by atoms with Crippen LogP contribution in [0.5, 0.6) is 0 Å². The number of hydrogen-bond acceptors (Lipinski definition) is 3. The second-order valence-electron chi connectivity index (χ2n) is 5.04. The lowest BCUT2D eigenvalue weighted by atomic mass is 10.1. The summed E-state index contributed by atoms with van der Waals surface area (Å²) in [5.41, 5.74) is 0.821. The van der Waals surface area contributed by atoms with Crippen LogP contribution in [0.4, 0.5) is 10.1 Å². The Balaban J connectivity index is 2.21. The molecule has 0 unspecified atom stereocenters. The smallest absolute Gasteiger partial charge is 0.299 e. The van der Waals surface area contributed by atoms with E-state index in [9.17, 15) is 18.8 Å². The molecule has 2 rings (SSSR count). The lowest BCUT2D eigenvalue weighted by Crippen LogP contribution is -2.40. The number of halogens is 1. The number of unbranched alkanes of at least 4 members (excludes halogenated alkanes) is 1. The van der Waals surface area contributed by atoms with Crippen LogP contribution in [0, 0.1) is 12.7 Å². The van der Waals surface area contributed by atoms with Gasteiger partial charge in [-0.15, -0.1) is 0 Å². The summed E-state index contributed by atoms with van der Waals surface area (Å²) in [6.07, 6.45) is 1.79. The summed E-state index contributed by atoms with van der Waals surface area (Å²) in [6, 6.07) is 2.28. The molecule has 0 aromatic heterocycles. The van der Waals surface area contributed by atoms with Crippen molar-refractivity contribution in [3.8, 4) is 0 Å². The number of nitrogens with zero attached hydrogens (tertiary/aromatic N) is 1. The molecule has 112 valence electrons. The first-order valence-corrected chi connectivity index (χ1v) is 6.88. The average molecular weight is 292 g/mol. The molecule has 1 aromatic carbocycles. The summed E-state index contributed by atoms with van der Waals surface area (Å²) < 4.78 is 13.4. The van der Waals surface area contributed by atoms with Gasteiger partial charge >= 0.3 is 0 Å². The Kier molecular flexibility index (Phi) is 4.35. The Bertz CT molecular complexity index is 613. The number of amides is 2. The highest BCUT2D eigenvalue weighted by Gasteiger charge is 2.38. The van der Waals surface area contributed by atoms with Gasteiger partial charge in [0.25, 0.3) is 11.7 Å². The average Bonchev–Trinajstić information content (AvgIpc) is 2.64. The van der Waals surface area contributed by atoms with Crippen LogP contribution in [-0.2, 0) is 9.59 Å². The number of carbonyl (C=O) groups is 3. The van der Waals surface area contributed by atoms with E-state index in [1.807, 2.05) is 6.92 Å². The van der Waals surface area contributed by atoms with Crippen molar-refractivity contribution in [2.45, 2.75) is 26.7 Å². The van der Waals surface area contributed by atoms with Gasteiger partial charge in [-0.1, -0.05) is 13.3 Å². The van der Waals surface area contributed by atoms with Gasteiger partial charge in [-0.2, -0.15) is 0 Å². The highest BCUT2D eigenvalue weighted by Crippen LogP contribution is 2.32. The van der Waals surface area contributed by atoms with Gasteiger partial charge in [0.05, 0.1) is 11.3 Å². The van der Waals surface area contributed by atoms with E-state index in [1.165, 1.54) is 6.07 Å². The first-order chi connectivity index (χ1) is 9.95. The molecule has 2 amide bonds. The van der Waals surface area contributed by atoms with Crippen LogP contribution >= 0.6 is 0 Å². The molecule has 0 radical (unpaired) electrons. The third kappa shape index (κ3) is 2.94. The normalized spacial score (nSPS) is 13.6.